The maximum atomic E-state index is 2.58. The van der Waals surface area contributed by atoms with E-state index in [1.54, 1.807) is 16.7 Å². The summed E-state index contributed by atoms with van der Waals surface area (Å²) in [6, 6.07) is 38.1. The third-order valence-electron chi connectivity index (χ3n) is 6.18. The fourth-order valence-electron chi connectivity index (χ4n) is 4.88. The van der Waals surface area contributed by atoms with Gasteiger partial charge in [0.2, 0.25) is 0 Å². The van der Waals surface area contributed by atoms with Crippen LogP contribution in [0.25, 0.3) is 16.7 Å². The molecule has 3 heteroatoms. The van der Waals surface area contributed by atoms with Gasteiger partial charge in [0.05, 0.1) is 0 Å². The number of rotatable bonds is 3. The first kappa shape index (κ1) is 22.3. The molecule has 2 aliphatic carbocycles. The van der Waals surface area contributed by atoms with Gasteiger partial charge in [-0.05, 0) is 0 Å². The van der Waals surface area contributed by atoms with Gasteiger partial charge in [-0.3, -0.25) is 0 Å². The number of fused-ring (bicyclic) bond motifs is 4. The van der Waals surface area contributed by atoms with Crippen molar-refractivity contribution in [3.8, 4) is 11.1 Å². The Morgan fingerprint density at radius 2 is 0.968 bits per heavy atom. The third-order valence-corrected chi connectivity index (χ3v) is 10.6. The van der Waals surface area contributed by atoms with Gasteiger partial charge in [0.1, 0.15) is 0 Å². The maximum absolute atomic E-state index is 2.58. The van der Waals surface area contributed by atoms with Crippen LogP contribution in [0, 0.1) is 0 Å². The largest absolute Gasteiger partial charge is 1.00 e. The van der Waals surface area contributed by atoms with E-state index in [4.69, 9.17) is 0 Å². The molecule has 0 aliphatic heterocycles. The van der Waals surface area contributed by atoms with Crippen LogP contribution in [-0.2, 0) is 23.2 Å². The van der Waals surface area contributed by atoms with Crippen molar-refractivity contribution in [2.75, 3.05) is 0 Å². The summed E-state index contributed by atoms with van der Waals surface area (Å²) < 4.78 is 1.23. The summed E-state index contributed by atoms with van der Waals surface area (Å²) in [5.41, 5.74) is 11.8. The van der Waals surface area contributed by atoms with Crippen molar-refractivity contribution < 1.29 is 48.0 Å². The van der Waals surface area contributed by atoms with Gasteiger partial charge in [-0.2, -0.15) is 0 Å². The molecule has 0 fully saturated rings. The molecule has 150 valence electrons. The number of hydrogen-bond donors (Lipinski definition) is 0. The molecule has 4 aromatic carbocycles. The molecule has 0 saturated heterocycles. The molecule has 4 aromatic rings. The minimum atomic E-state index is -0.830. The molecular weight excluding hydrogens is 498 g/mol. The van der Waals surface area contributed by atoms with Gasteiger partial charge in [0.25, 0.3) is 0 Å². The average molecular weight is 519 g/mol. The summed E-state index contributed by atoms with van der Waals surface area (Å²) in [6.07, 6.45) is 2.58. The second kappa shape index (κ2) is 9.29. The normalized spacial score (nSPS) is 15.5. The average Bonchev–Trinajstić information content (AvgIpc) is 3.32. The Labute approximate surface area is 207 Å². The SMILES string of the molecule is C1=C(c2ccccc2)c2ccccc2[CH]1[Zr+2][CH]1c2ccccc2-c2ccccc21.[Cl-].[Cl-]. The van der Waals surface area contributed by atoms with Gasteiger partial charge in [-0.15, -0.1) is 0 Å². The van der Waals surface area contributed by atoms with E-state index >= 15 is 0 Å². The Morgan fingerprint density at radius 1 is 0.484 bits per heavy atom. The fraction of sp³-hybridized carbons (Fsp3) is 0.0714. The Hall–Kier alpha value is -1.92. The molecule has 31 heavy (non-hydrogen) atoms. The van der Waals surface area contributed by atoms with Gasteiger partial charge in [-0.25, -0.2) is 0 Å². The molecule has 0 bridgehead atoms. The van der Waals surface area contributed by atoms with Crippen LogP contribution < -0.4 is 24.8 Å². The number of halogens is 2. The van der Waals surface area contributed by atoms with Gasteiger partial charge in [0, 0.05) is 0 Å². The van der Waals surface area contributed by atoms with Crippen LogP contribution in [0.1, 0.15) is 35.1 Å². The molecular formula is C28H20Cl2Zr. The van der Waals surface area contributed by atoms with E-state index in [-0.39, 0.29) is 24.8 Å². The predicted octanol–water partition coefficient (Wildman–Crippen LogP) is 1.03. The smallest absolute Gasteiger partial charge is 1.00 e. The zero-order valence-corrected chi connectivity index (χ0v) is 20.8. The van der Waals surface area contributed by atoms with Crippen molar-refractivity contribution >= 4 is 5.57 Å². The van der Waals surface area contributed by atoms with Crippen molar-refractivity contribution in [1.82, 2.24) is 0 Å². The van der Waals surface area contributed by atoms with E-state index in [9.17, 15) is 0 Å². The molecule has 0 radical (unpaired) electrons. The number of allylic oxidation sites excluding steroid dienone is 1. The van der Waals surface area contributed by atoms with E-state index in [0.717, 1.165) is 0 Å². The monoisotopic (exact) mass is 516 g/mol. The van der Waals surface area contributed by atoms with Crippen LogP contribution in [0.2, 0.25) is 0 Å². The summed E-state index contributed by atoms with van der Waals surface area (Å²) in [7, 11) is 0. The minimum absolute atomic E-state index is 0. The van der Waals surface area contributed by atoms with E-state index in [1.807, 2.05) is 0 Å². The van der Waals surface area contributed by atoms with Gasteiger partial charge in [-0.1, -0.05) is 0 Å². The molecule has 1 atom stereocenters. The van der Waals surface area contributed by atoms with Crippen molar-refractivity contribution in [3.05, 3.63) is 137 Å². The zero-order chi connectivity index (χ0) is 19.2. The number of hydrogen-bond acceptors (Lipinski definition) is 0. The summed E-state index contributed by atoms with van der Waals surface area (Å²) in [5.74, 6) is 0. The molecule has 0 saturated carbocycles. The molecule has 6 rings (SSSR count). The second-order valence-electron chi connectivity index (χ2n) is 7.79. The summed E-state index contributed by atoms with van der Waals surface area (Å²) in [4.78, 5) is 0. The minimum Gasteiger partial charge on any atom is -1.00 e. The van der Waals surface area contributed by atoms with Crippen LogP contribution in [0.4, 0.5) is 0 Å². The third kappa shape index (κ3) is 3.78. The van der Waals surface area contributed by atoms with Gasteiger partial charge < -0.3 is 24.8 Å². The molecule has 0 nitrogen and oxygen atoms in total. The van der Waals surface area contributed by atoms with Crippen molar-refractivity contribution in [3.63, 3.8) is 0 Å². The Kier molecular flexibility index (Phi) is 6.68. The first-order chi connectivity index (χ1) is 14.4. The quantitative estimate of drug-likeness (QED) is 0.380. The van der Waals surface area contributed by atoms with E-state index < -0.39 is 23.2 Å². The summed E-state index contributed by atoms with van der Waals surface area (Å²) in [6.45, 7) is 0. The predicted molar refractivity (Wildman–Crippen MR) is 116 cm³/mol. The molecule has 0 N–H and O–H groups in total. The molecule has 0 aromatic heterocycles. The van der Waals surface area contributed by atoms with Gasteiger partial charge in [0.15, 0.2) is 0 Å². The van der Waals surface area contributed by atoms with Crippen molar-refractivity contribution in [2.45, 2.75) is 7.25 Å². The zero-order valence-electron chi connectivity index (χ0n) is 16.8. The van der Waals surface area contributed by atoms with Gasteiger partial charge >= 0.3 is 184 Å². The van der Waals surface area contributed by atoms with Crippen LogP contribution in [-0.4, -0.2) is 0 Å². The number of benzene rings is 4. The standard InChI is InChI=1S/C15H11.C13H9.2ClH.Zr/c1-2-6-12(7-3-1)15-11-10-13-8-4-5-9-14(13)15;1-3-7-12-10(5-1)9-11-6-2-4-8-13(11)12;;;/h1-11H;1-9H;2*1H;/q;;;;+2/p-2. The van der Waals surface area contributed by atoms with Crippen molar-refractivity contribution in [1.29, 1.82) is 0 Å². The Bertz CT molecular complexity index is 1200. The second-order valence-corrected chi connectivity index (χ2v) is 11.6. The van der Waals surface area contributed by atoms with E-state index in [1.165, 1.54) is 27.8 Å². The Balaban J connectivity index is 0.00000116. The Morgan fingerprint density at radius 3 is 1.58 bits per heavy atom. The molecule has 1 unspecified atom stereocenters. The maximum Gasteiger partial charge on any atom is -1.00 e. The van der Waals surface area contributed by atoms with Crippen LogP contribution in [0.5, 0.6) is 0 Å². The van der Waals surface area contributed by atoms with Crippen LogP contribution >= 0.6 is 0 Å². The van der Waals surface area contributed by atoms with E-state index in [2.05, 4.69) is 109 Å². The molecule has 0 amide bonds. The molecule has 2 aliphatic rings. The topological polar surface area (TPSA) is 0 Å². The van der Waals surface area contributed by atoms with Crippen LogP contribution in [0.15, 0.2) is 109 Å². The summed E-state index contributed by atoms with van der Waals surface area (Å²) >= 11 is -0.830. The first-order valence-electron chi connectivity index (χ1n) is 10.2. The molecule has 0 spiro atoms. The fourth-order valence-corrected chi connectivity index (χ4v) is 9.59. The first-order valence-corrected chi connectivity index (χ1v) is 13.0. The summed E-state index contributed by atoms with van der Waals surface area (Å²) in [5, 5.41) is 0. The van der Waals surface area contributed by atoms with E-state index in [0.29, 0.717) is 7.25 Å². The van der Waals surface area contributed by atoms with Crippen LogP contribution in [0.3, 0.4) is 0 Å². The molecule has 0 heterocycles. The van der Waals surface area contributed by atoms with Crippen molar-refractivity contribution in [2.24, 2.45) is 0 Å².